The van der Waals surface area contributed by atoms with Gasteiger partial charge in [0.15, 0.2) is 5.82 Å². The van der Waals surface area contributed by atoms with Gasteiger partial charge in [-0.05, 0) is 30.5 Å². The molecule has 2 fully saturated rings. The van der Waals surface area contributed by atoms with Gasteiger partial charge in [-0.15, -0.1) is 0 Å². The molecule has 0 bridgehead atoms. The highest BCUT2D eigenvalue weighted by Gasteiger charge is 2.28. The van der Waals surface area contributed by atoms with Crippen molar-refractivity contribution in [1.82, 2.24) is 15.3 Å². The smallest absolute Gasteiger partial charge is 0.223 e. The van der Waals surface area contributed by atoms with Crippen LogP contribution in [0.3, 0.4) is 0 Å². The van der Waals surface area contributed by atoms with Crippen LogP contribution in [0.15, 0.2) is 30.7 Å². The van der Waals surface area contributed by atoms with Gasteiger partial charge >= 0.3 is 0 Å². The van der Waals surface area contributed by atoms with E-state index in [4.69, 9.17) is 16.3 Å². The van der Waals surface area contributed by atoms with E-state index in [9.17, 15) is 9.18 Å². The lowest BCUT2D eigenvalue weighted by Gasteiger charge is -2.36. The monoisotopic (exact) mass is 433 g/mol. The van der Waals surface area contributed by atoms with Crippen LogP contribution in [0, 0.1) is 11.7 Å². The molecule has 2 aromatic rings. The van der Waals surface area contributed by atoms with Crippen molar-refractivity contribution in [2.24, 2.45) is 5.92 Å². The van der Waals surface area contributed by atoms with E-state index in [0.717, 1.165) is 50.5 Å². The molecule has 2 aliphatic rings. The van der Waals surface area contributed by atoms with Crippen molar-refractivity contribution >= 4 is 29.0 Å². The first-order chi connectivity index (χ1) is 14.6. The Morgan fingerprint density at radius 1 is 1.20 bits per heavy atom. The number of benzene rings is 1. The molecule has 1 aromatic carbocycles. The van der Waals surface area contributed by atoms with Crippen LogP contribution in [-0.4, -0.2) is 55.3 Å². The van der Waals surface area contributed by atoms with Gasteiger partial charge in [0.05, 0.1) is 25.1 Å². The van der Waals surface area contributed by atoms with Crippen LogP contribution in [-0.2, 0) is 16.1 Å². The molecule has 3 heterocycles. The number of carbonyl (C=O) groups is 1. The summed E-state index contributed by atoms with van der Waals surface area (Å²) in [6.45, 7) is 4.85. The maximum absolute atomic E-state index is 13.2. The molecule has 0 saturated carbocycles. The van der Waals surface area contributed by atoms with Gasteiger partial charge in [-0.1, -0.05) is 17.7 Å². The zero-order chi connectivity index (χ0) is 20.9. The highest BCUT2D eigenvalue weighted by molar-refractivity contribution is 6.31. The molecule has 4 rings (SSSR count). The van der Waals surface area contributed by atoms with E-state index in [1.807, 2.05) is 6.20 Å². The molecule has 2 aliphatic heterocycles. The largest absolute Gasteiger partial charge is 0.378 e. The second-order valence-electron chi connectivity index (χ2n) is 7.55. The first kappa shape index (κ1) is 20.8. The second kappa shape index (κ2) is 9.57. The van der Waals surface area contributed by atoms with Crippen molar-refractivity contribution in [2.45, 2.75) is 19.4 Å². The summed E-state index contributed by atoms with van der Waals surface area (Å²) in [5, 5.41) is 3.26. The van der Waals surface area contributed by atoms with Crippen LogP contribution >= 0.6 is 11.6 Å². The zero-order valence-electron chi connectivity index (χ0n) is 16.7. The van der Waals surface area contributed by atoms with Gasteiger partial charge in [0, 0.05) is 43.7 Å². The number of nitrogens with one attached hydrogen (secondary N) is 1. The second-order valence-corrected chi connectivity index (χ2v) is 7.95. The van der Waals surface area contributed by atoms with Crippen LogP contribution in [0.2, 0.25) is 5.02 Å². The van der Waals surface area contributed by atoms with Gasteiger partial charge in [0.2, 0.25) is 5.91 Å². The minimum atomic E-state index is -0.385. The number of nitrogens with zero attached hydrogens (tertiary/aromatic N) is 4. The number of amides is 1. The quantitative estimate of drug-likeness (QED) is 0.781. The lowest BCUT2D eigenvalue weighted by Crippen LogP contribution is -2.42. The average Bonchev–Trinajstić information content (AvgIpc) is 2.79. The van der Waals surface area contributed by atoms with E-state index in [2.05, 4.69) is 25.1 Å². The predicted molar refractivity (Wildman–Crippen MR) is 113 cm³/mol. The molecule has 1 N–H and O–H groups in total. The lowest BCUT2D eigenvalue weighted by molar-refractivity contribution is -0.125. The van der Waals surface area contributed by atoms with Gasteiger partial charge in [-0.25, -0.2) is 14.4 Å². The zero-order valence-corrected chi connectivity index (χ0v) is 17.4. The Balaban J connectivity index is 1.33. The Labute approximate surface area is 180 Å². The number of rotatable bonds is 5. The van der Waals surface area contributed by atoms with E-state index in [1.165, 1.54) is 12.1 Å². The summed E-state index contributed by atoms with van der Waals surface area (Å²) in [5.41, 5.74) is 1.72. The fourth-order valence-corrected chi connectivity index (χ4v) is 4.17. The lowest BCUT2D eigenvalue weighted by atomic mass is 9.95. The number of hydrogen-bond donors (Lipinski definition) is 1. The Kier molecular flexibility index (Phi) is 6.64. The predicted octanol–water partition coefficient (Wildman–Crippen LogP) is 2.64. The molecule has 0 aliphatic carbocycles. The van der Waals surface area contributed by atoms with E-state index in [-0.39, 0.29) is 17.6 Å². The Hall–Kier alpha value is -2.45. The number of morpholine rings is 1. The fourth-order valence-electron chi connectivity index (χ4n) is 3.93. The molecule has 1 amide bonds. The van der Waals surface area contributed by atoms with E-state index >= 15 is 0 Å². The minimum Gasteiger partial charge on any atom is -0.378 e. The molecule has 0 atom stereocenters. The third kappa shape index (κ3) is 4.82. The summed E-state index contributed by atoms with van der Waals surface area (Å²) in [6, 6.07) is 4.21. The van der Waals surface area contributed by atoms with Crippen molar-refractivity contribution in [2.75, 3.05) is 49.2 Å². The molecular weight excluding hydrogens is 409 g/mol. The minimum absolute atomic E-state index is 0.00718. The van der Waals surface area contributed by atoms with Crippen LogP contribution in [0.1, 0.15) is 18.4 Å². The third-order valence-corrected chi connectivity index (χ3v) is 6.01. The van der Waals surface area contributed by atoms with Gasteiger partial charge in [0.25, 0.3) is 0 Å². The number of halogens is 2. The SMILES string of the molecule is O=C(NCc1ccc(F)cc1Cl)C1CCN(c2cncnc2N2CCOCC2)CC1. The maximum Gasteiger partial charge on any atom is 0.223 e. The Morgan fingerprint density at radius 2 is 1.97 bits per heavy atom. The van der Waals surface area contributed by atoms with Crippen molar-refractivity contribution in [1.29, 1.82) is 0 Å². The van der Waals surface area contributed by atoms with Crippen LogP contribution < -0.4 is 15.1 Å². The summed E-state index contributed by atoms with van der Waals surface area (Å²) < 4.78 is 18.6. The molecule has 7 nitrogen and oxygen atoms in total. The van der Waals surface area contributed by atoms with Gasteiger partial charge in [-0.3, -0.25) is 4.79 Å². The molecule has 0 radical (unpaired) electrons. The first-order valence-electron chi connectivity index (χ1n) is 10.2. The summed E-state index contributed by atoms with van der Waals surface area (Å²) in [6.07, 6.45) is 4.94. The van der Waals surface area contributed by atoms with Crippen LogP contribution in [0.5, 0.6) is 0 Å². The van der Waals surface area contributed by atoms with Gasteiger partial charge in [0.1, 0.15) is 12.1 Å². The molecule has 2 saturated heterocycles. The van der Waals surface area contributed by atoms with Crippen LogP contribution in [0.25, 0.3) is 0 Å². The maximum atomic E-state index is 13.2. The highest BCUT2D eigenvalue weighted by Crippen LogP contribution is 2.30. The number of aromatic nitrogens is 2. The normalized spacial score (nSPS) is 17.8. The summed E-state index contributed by atoms with van der Waals surface area (Å²) in [7, 11) is 0. The van der Waals surface area contributed by atoms with Crippen molar-refractivity contribution in [3.63, 3.8) is 0 Å². The van der Waals surface area contributed by atoms with E-state index in [1.54, 1.807) is 12.4 Å². The highest BCUT2D eigenvalue weighted by atomic mass is 35.5. The summed E-state index contributed by atoms with van der Waals surface area (Å²) in [5.74, 6) is 0.496. The van der Waals surface area contributed by atoms with Crippen molar-refractivity contribution in [3.05, 3.63) is 47.1 Å². The Morgan fingerprint density at radius 3 is 2.70 bits per heavy atom. The molecule has 0 unspecified atom stereocenters. The van der Waals surface area contributed by atoms with Gasteiger partial charge < -0.3 is 19.9 Å². The molecule has 30 heavy (non-hydrogen) atoms. The number of carbonyl (C=O) groups excluding carboxylic acids is 1. The van der Waals surface area contributed by atoms with Crippen LogP contribution in [0.4, 0.5) is 15.9 Å². The number of anilines is 2. The molecular formula is C21H25ClFN5O2. The molecule has 1 aromatic heterocycles. The van der Waals surface area contributed by atoms with E-state index in [0.29, 0.717) is 30.3 Å². The summed E-state index contributed by atoms with van der Waals surface area (Å²) in [4.78, 5) is 25.8. The van der Waals surface area contributed by atoms with Crippen molar-refractivity contribution in [3.8, 4) is 0 Å². The molecule has 0 spiro atoms. The average molecular weight is 434 g/mol. The molecule has 9 heteroatoms. The first-order valence-corrected chi connectivity index (χ1v) is 10.6. The van der Waals surface area contributed by atoms with Crippen molar-refractivity contribution < 1.29 is 13.9 Å². The van der Waals surface area contributed by atoms with E-state index < -0.39 is 0 Å². The number of piperidine rings is 1. The van der Waals surface area contributed by atoms with Gasteiger partial charge in [-0.2, -0.15) is 0 Å². The topological polar surface area (TPSA) is 70.6 Å². The Bertz CT molecular complexity index is 885. The number of ether oxygens (including phenoxy) is 1. The third-order valence-electron chi connectivity index (χ3n) is 5.66. The fraction of sp³-hybridized carbons (Fsp3) is 0.476. The molecule has 160 valence electrons. The standard InChI is InChI=1S/C21H25ClFN5O2/c22-18-11-17(23)2-1-16(18)12-25-21(29)15-3-5-27(6-4-15)19-13-24-14-26-20(19)28-7-9-30-10-8-28/h1-2,11,13-15H,3-10,12H2,(H,25,29). The summed E-state index contributed by atoms with van der Waals surface area (Å²) >= 11 is 6.04. The number of hydrogen-bond acceptors (Lipinski definition) is 6.